The average Bonchev–Trinajstić information content (AvgIpc) is 2.05. The minimum atomic E-state index is -0.0540. The van der Waals surface area contributed by atoms with Crippen LogP contribution in [0, 0.1) is 11.2 Å². The first-order valence-corrected chi connectivity index (χ1v) is 5.19. The lowest BCUT2D eigenvalue weighted by atomic mass is 10.5. The molecule has 0 fully saturated rings. The van der Waals surface area contributed by atoms with Gasteiger partial charge < -0.3 is 4.98 Å². The van der Waals surface area contributed by atoms with Crippen molar-refractivity contribution >= 4 is 7.55 Å². The molecular formula is C8H12NP. The molecule has 10 heavy (non-hydrogen) atoms. The first-order valence-electron chi connectivity index (χ1n) is 3.33. The summed E-state index contributed by atoms with van der Waals surface area (Å²) in [6.45, 7) is 4.34. The molecule has 0 spiro atoms. The fourth-order valence-corrected chi connectivity index (χ4v) is 1.62. The lowest BCUT2D eigenvalue weighted by molar-refractivity contribution is 1.29. The normalized spacial score (nSPS) is 13.0. The van der Waals surface area contributed by atoms with E-state index in [0.717, 1.165) is 0 Å². The second-order valence-electron chi connectivity index (χ2n) is 2.12. The molecule has 0 bridgehead atoms. The molecule has 0 aliphatic rings. The Morgan fingerprint density at radius 2 is 2.30 bits per heavy atom. The summed E-state index contributed by atoms with van der Waals surface area (Å²) in [4.78, 5) is 3.22. The van der Waals surface area contributed by atoms with Crippen LogP contribution >= 0.6 is 7.55 Å². The van der Waals surface area contributed by atoms with Gasteiger partial charge in [-0.15, -0.1) is 6.16 Å². The number of aromatic amines is 1. The summed E-state index contributed by atoms with van der Waals surface area (Å²) in [7, 11) is -0.0540. The first-order chi connectivity index (χ1) is 4.84. The summed E-state index contributed by atoms with van der Waals surface area (Å²) in [5.74, 6) is 0. The molecule has 1 aromatic rings. The molecule has 2 heteroatoms. The van der Waals surface area contributed by atoms with Gasteiger partial charge in [0.05, 0.1) is 6.66 Å². The van der Waals surface area contributed by atoms with Gasteiger partial charge in [0.2, 0.25) is 0 Å². The van der Waals surface area contributed by atoms with Crippen molar-refractivity contribution in [2.75, 3.05) is 6.66 Å². The van der Waals surface area contributed by atoms with Gasteiger partial charge in [0.15, 0.2) is 5.07 Å². The van der Waals surface area contributed by atoms with Gasteiger partial charge in [-0.1, -0.05) is 6.07 Å². The van der Waals surface area contributed by atoms with E-state index in [2.05, 4.69) is 36.9 Å². The Bertz CT molecular complexity index is 244. The number of hydrogen-bond donors (Lipinski definition) is 1. The third-order valence-electron chi connectivity index (χ3n) is 1.46. The molecule has 1 N–H and O–H groups in total. The SMILES string of the molecule is C[CH-]/[P+](C)=c1\cccc[nH]1. The quantitative estimate of drug-likeness (QED) is 0.471. The largest absolute Gasteiger partial charge is 0.330 e. The maximum absolute atomic E-state index is 3.22. The lowest BCUT2D eigenvalue weighted by Crippen LogP contribution is -1.71. The van der Waals surface area contributed by atoms with E-state index >= 15 is 0 Å². The van der Waals surface area contributed by atoms with Gasteiger partial charge in [-0.2, -0.15) is 6.92 Å². The van der Waals surface area contributed by atoms with Crippen LogP contribution in [0.25, 0.3) is 0 Å². The maximum atomic E-state index is 3.22. The van der Waals surface area contributed by atoms with Crippen molar-refractivity contribution in [1.29, 1.82) is 0 Å². The lowest BCUT2D eigenvalue weighted by Gasteiger charge is -1.90. The van der Waals surface area contributed by atoms with Gasteiger partial charge in [0.1, 0.15) is 0 Å². The van der Waals surface area contributed by atoms with Crippen molar-refractivity contribution < 1.29 is 0 Å². The van der Waals surface area contributed by atoms with Crippen LogP contribution in [-0.4, -0.2) is 11.6 Å². The Balaban J connectivity index is 3.16. The van der Waals surface area contributed by atoms with E-state index in [1.54, 1.807) is 0 Å². The van der Waals surface area contributed by atoms with Crippen molar-refractivity contribution in [2.24, 2.45) is 0 Å². The maximum Gasteiger partial charge on any atom is 0.179 e. The third-order valence-corrected chi connectivity index (χ3v) is 3.27. The predicted octanol–water partition coefficient (Wildman–Crippen LogP) is 2.84. The minimum absolute atomic E-state index is 0.0540. The number of nitrogens with one attached hydrogen (secondary N) is 1. The van der Waals surface area contributed by atoms with Crippen molar-refractivity contribution in [3.05, 3.63) is 35.6 Å². The van der Waals surface area contributed by atoms with Crippen molar-refractivity contribution in [3.63, 3.8) is 0 Å². The molecule has 1 rings (SSSR count). The van der Waals surface area contributed by atoms with Gasteiger partial charge in [-0.3, -0.25) is 0 Å². The zero-order valence-electron chi connectivity index (χ0n) is 6.33. The van der Waals surface area contributed by atoms with Crippen LogP contribution in [0.1, 0.15) is 6.92 Å². The average molecular weight is 153 g/mol. The van der Waals surface area contributed by atoms with Gasteiger partial charge in [0, 0.05) is 12.3 Å². The molecule has 0 aromatic carbocycles. The Hall–Kier alpha value is -0.550. The number of aromatic nitrogens is 1. The first kappa shape index (κ1) is 7.56. The highest BCUT2D eigenvalue weighted by Crippen LogP contribution is 2.23. The van der Waals surface area contributed by atoms with E-state index in [1.807, 2.05) is 12.3 Å². The third kappa shape index (κ3) is 1.71. The molecule has 1 unspecified atom stereocenters. The summed E-state index contributed by atoms with van der Waals surface area (Å²) >= 11 is 0. The van der Waals surface area contributed by atoms with Crippen LogP contribution in [0.3, 0.4) is 0 Å². The van der Waals surface area contributed by atoms with Crippen LogP contribution in [-0.2, 0) is 0 Å². The standard InChI is InChI=1S/C8H12NP/c1-3-10(2)8-6-4-5-7-9-8/h3-7,9H,1-2H3. The van der Waals surface area contributed by atoms with Crippen LogP contribution in [0.5, 0.6) is 0 Å². The molecule has 54 valence electrons. The van der Waals surface area contributed by atoms with Crippen molar-refractivity contribution in [1.82, 2.24) is 4.98 Å². The van der Waals surface area contributed by atoms with Gasteiger partial charge in [0.25, 0.3) is 0 Å². The van der Waals surface area contributed by atoms with E-state index < -0.39 is 0 Å². The molecular weight excluding hydrogens is 141 g/mol. The van der Waals surface area contributed by atoms with Gasteiger partial charge in [-0.05, 0) is 13.6 Å². The molecule has 0 aliphatic carbocycles. The number of pyridine rings is 1. The summed E-state index contributed by atoms with van der Waals surface area (Å²) in [5, 5.41) is 1.33. The molecule has 1 nitrogen and oxygen atoms in total. The smallest absolute Gasteiger partial charge is 0.179 e. The molecule has 1 heterocycles. The second kappa shape index (κ2) is 3.58. The molecule has 0 radical (unpaired) electrons. The molecule has 0 saturated carbocycles. The Morgan fingerprint density at radius 1 is 1.50 bits per heavy atom. The van der Waals surface area contributed by atoms with E-state index in [9.17, 15) is 0 Å². The minimum Gasteiger partial charge on any atom is -0.330 e. The fourth-order valence-electron chi connectivity index (χ4n) is 0.742. The zero-order valence-corrected chi connectivity index (χ0v) is 7.23. The molecule has 0 amide bonds. The molecule has 1 atom stereocenters. The highest BCUT2D eigenvalue weighted by Gasteiger charge is 1.86. The Kier molecular flexibility index (Phi) is 2.70. The van der Waals surface area contributed by atoms with E-state index in [4.69, 9.17) is 0 Å². The zero-order chi connectivity index (χ0) is 7.40. The Labute approximate surface area is 62.5 Å². The fraction of sp³-hybridized carbons (Fsp3) is 0.250. The highest BCUT2D eigenvalue weighted by molar-refractivity contribution is 7.50. The van der Waals surface area contributed by atoms with Crippen LogP contribution in [0.2, 0.25) is 0 Å². The van der Waals surface area contributed by atoms with E-state index in [-0.39, 0.29) is 7.55 Å². The van der Waals surface area contributed by atoms with Gasteiger partial charge >= 0.3 is 0 Å². The van der Waals surface area contributed by atoms with Crippen LogP contribution < -0.4 is 0 Å². The van der Waals surface area contributed by atoms with E-state index in [0.29, 0.717) is 0 Å². The highest BCUT2D eigenvalue weighted by atomic mass is 31.1. The topological polar surface area (TPSA) is 15.8 Å². The second-order valence-corrected chi connectivity index (χ2v) is 4.34. The summed E-state index contributed by atoms with van der Waals surface area (Å²) in [6, 6.07) is 6.20. The monoisotopic (exact) mass is 153 g/mol. The molecule has 0 aliphatic heterocycles. The summed E-state index contributed by atoms with van der Waals surface area (Å²) < 4.78 is 0. The molecule has 0 saturated heterocycles. The number of hydrogen-bond acceptors (Lipinski definition) is 0. The van der Waals surface area contributed by atoms with Crippen molar-refractivity contribution in [3.8, 4) is 0 Å². The van der Waals surface area contributed by atoms with Gasteiger partial charge in [-0.25, -0.2) is 0 Å². The number of H-pyrrole nitrogens is 1. The van der Waals surface area contributed by atoms with Crippen LogP contribution in [0.15, 0.2) is 24.4 Å². The molecule has 1 aromatic heterocycles. The summed E-state index contributed by atoms with van der Waals surface area (Å²) in [6.07, 6.45) is 4.21. The van der Waals surface area contributed by atoms with Crippen molar-refractivity contribution in [2.45, 2.75) is 6.92 Å². The van der Waals surface area contributed by atoms with E-state index in [1.165, 1.54) is 5.07 Å². The number of rotatable bonds is 1. The Morgan fingerprint density at radius 3 is 2.80 bits per heavy atom. The van der Waals surface area contributed by atoms with Crippen LogP contribution in [0.4, 0.5) is 0 Å². The summed E-state index contributed by atoms with van der Waals surface area (Å²) in [5.41, 5.74) is 0. The predicted molar refractivity (Wildman–Crippen MR) is 46.9 cm³/mol.